The Balaban J connectivity index is 2.33. The van der Waals surface area contributed by atoms with Crippen LogP contribution in [0.1, 0.15) is 11.4 Å². The van der Waals surface area contributed by atoms with Gasteiger partial charge in [-0.1, -0.05) is 0 Å². The molecule has 1 heterocycles. The lowest BCUT2D eigenvalue weighted by Gasteiger charge is -2.11. The molecule has 0 aliphatic heterocycles. The quantitative estimate of drug-likeness (QED) is 0.811. The molecule has 0 N–H and O–H groups in total. The highest BCUT2D eigenvalue weighted by molar-refractivity contribution is 5.40. The normalized spacial score (nSPS) is 10.3. The molecule has 0 unspecified atom stereocenters. The van der Waals surface area contributed by atoms with E-state index in [-0.39, 0.29) is 0 Å². The van der Waals surface area contributed by atoms with Crippen LogP contribution in [0.3, 0.4) is 0 Å². The number of methoxy groups -OCH3 is 2. The molecule has 1 aromatic carbocycles. The first-order chi connectivity index (χ1) is 8.24. The zero-order chi connectivity index (χ0) is 12.3. The summed E-state index contributed by atoms with van der Waals surface area (Å²) in [7, 11) is 3.33. The molecule has 2 aromatic rings. The monoisotopic (exact) mass is 232 g/mol. The lowest BCUT2D eigenvalue weighted by Crippen LogP contribution is -2.03. The molecule has 4 heteroatoms. The first-order valence-electron chi connectivity index (χ1n) is 5.43. The zero-order valence-corrected chi connectivity index (χ0v) is 10.3. The van der Waals surface area contributed by atoms with Crippen LogP contribution in [0.4, 0.5) is 0 Å². The van der Waals surface area contributed by atoms with Crippen molar-refractivity contribution in [3.05, 3.63) is 42.0 Å². The maximum atomic E-state index is 5.34. The van der Waals surface area contributed by atoms with E-state index in [0.717, 1.165) is 29.4 Å². The van der Waals surface area contributed by atoms with E-state index in [2.05, 4.69) is 9.55 Å². The molecule has 4 nitrogen and oxygen atoms in total. The highest BCUT2D eigenvalue weighted by Crippen LogP contribution is 2.24. The second kappa shape index (κ2) is 4.91. The Kier molecular flexibility index (Phi) is 3.32. The van der Waals surface area contributed by atoms with Crippen LogP contribution in [0.2, 0.25) is 0 Å². The second-order valence-corrected chi connectivity index (χ2v) is 3.78. The van der Waals surface area contributed by atoms with Crippen LogP contribution in [0.15, 0.2) is 30.6 Å². The lowest BCUT2D eigenvalue weighted by molar-refractivity contribution is 0.397. The van der Waals surface area contributed by atoms with Crippen molar-refractivity contribution in [3.63, 3.8) is 0 Å². The first-order valence-corrected chi connectivity index (χ1v) is 5.43. The van der Waals surface area contributed by atoms with Crippen molar-refractivity contribution >= 4 is 0 Å². The number of nitrogens with zero attached hydrogens (tertiary/aromatic N) is 2. The van der Waals surface area contributed by atoms with Crippen LogP contribution in [0, 0.1) is 6.92 Å². The van der Waals surface area contributed by atoms with Crippen molar-refractivity contribution in [2.24, 2.45) is 0 Å². The van der Waals surface area contributed by atoms with E-state index in [1.165, 1.54) is 0 Å². The fourth-order valence-corrected chi connectivity index (χ4v) is 1.76. The van der Waals surface area contributed by atoms with E-state index in [0.29, 0.717) is 0 Å². The third-order valence-electron chi connectivity index (χ3n) is 2.75. The summed E-state index contributed by atoms with van der Waals surface area (Å²) in [6.07, 6.45) is 3.75. The molecule has 0 bridgehead atoms. The van der Waals surface area contributed by atoms with Crippen LogP contribution in [-0.4, -0.2) is 23.8 Å². The molecule has 0 saturated carbocycles. The van der Waals surface area contributed by atoms with Gasteiger partial charge in [-0.25, -0.2) is 4.98 Å². The van der Waals surface area contributed by atoms with E-state index in [9.17, 15) is 0 Å². The Bertz CT molecular complexity index is 506. The van der Waals surface area contributed by atoms with E-state index in [4.69, 9.17) is 9.47 Å². The lowest BCUT2D eigenvalue weighted by atomic mass is 10.2. The molecule has 2 rings (SSSR count). The van der Waals surface area contributed by atoms with Gasteiger partial charge in [0.1, 0.15) is 17.3 Å². The van der Waals surface area contributed by atoms with Gasteiger partial charge in [0, 0.05) is 18.0 Å². The average molecular weight is 232 g/mol. The molecule has 1 aromatic heterocycles. The number of hydrogen-bond acceptors (Lipinski definition) is 3. The van der Waals surface area contributed by atoms with Crippen LogP contribution >= 0.6 is 0 Å². The Morgan fingerprint density at radius 2 is 2.06 bits per heavy atom. The number of benzene rings is 1. The summed E-state index contributed by atoms with van der Waals surface area (Å²) >= 11 is 0. The average Bonchev–Trinajstić information content (AvgIpc) is 2.75. The van der Waals surface area contributed by atoms with Gasteiger partial charge in [0.2, 0.25) is 0 Å². The van der Waals surface area contributed by atoms with E-state index >= 15 is 0 Å². The number of aryl methyl sites for hydroxylation is 1. The first kappa shape index (κ1) is 11.5. The number of ether oxygens (including phenoxy) is 2. The molecular weight excluding hydrogens is 216 g/mol. The minimum absolute atomic E-state index is 0.728. The SMILES string of the molecule is COc1ccc(OC)c(Cn2ccnc2C)c1. The number of aromatic nitrogens is 2. The van der Waals surface area contributed by atoms with Gasteiger partial charge < -0.3 is 14.0 Å². The third-order valence-corrected chi connectivity index (χ3v) is 2.75. The molecular formula is C13H16N2O2. The van der Waals surface area contributed by atoms with Gasteiger partial charge in [0.15, 0.2) is 0 Å². The maximum absolute atomic E-state index is 5.34. The van der Waals surface area contributed by atoms with Crippen molar-refractivity contribution in [1.82, 2.24) is 9.55 Å². The van der Waals surface area contributed by atoms with Gasteiger partial charge in [-0.3, -0.25) is 0 Å². The highest BCUT2D eigenvalue weighted by atomic mass is 16.5. The fourth-order valence-electron chi connectivity index (χ4n) is 1.76. The topological polar surface area (TPSA) is 36.3 Å². The predicted octanol–water partition coefficient (Wildman–Crippen LogP) is 2.26. The Labute approximate surface area is 101 Å². The van der Waals surface area contributed by atoms with Crippen molar-refractivity contribution in [3.8, 4) is 11.5 Å². The number of rotatable bonds is 4. The molecule has 0 spiro atoms. The number of imidazole rings is 1. The van der Waals surface area contributed by atoms with E-state index in [1.807, 2.05) is 31.3 Å². The zero-order valence-electron chi connectivity index (χ0n) is 10.3. The maximum Gasteiger partial charge on any atom is 0.124 e. The van der Waals surface area contributed by atoms with Crippen molar-refractivity contribution < 1.29 is 9.47 Å². The summed E-state index contributed by atoms with van der Waals surface area (Å²) in [5.41, 5.74) is 1.08. The Hall–Kier alpha value is -1.97. The van der Waals surface area contributed by atoms with Gasteiger partial charge in [-0.15, -0.1) is 0 Å². The molecule has 17 heavy (non-hydrogen) atoms. The summed E-state index contributed by atoms with van der Waals surface area (Å²) in [6, 6.07) is 5.79. The van der Waals surface area contributed by atoms with Gasteiger partial charge in [-0.05, 0) is 25.1 Å². The minimum Gasteiger partial charge on any atom is -0.497 e. The van der Waals surface area contributed by atoms with Crippen LogP contribution in [0.5, 0.6) is 11.5 Å². The molecule has 0 radical (unpaired) electrons. The fraction of sp³-hybridized carbons (Fsp3) is 0.308. The summed E-state index contributed by atoms with van der Waals surface area (Å²) in [4.78, 5) is 4.20. The van der Waals surface area contributed by atoms with Crippen molar-refractivity contribution in [1.29, 1.82) is 0 Å². The van der Waals surface area contributed by atoms with Gasteiger partial charge >= 0.3 is 0 Å². The smallest absolute Gasteiger partial charge is 0.124 e. The minimum atomic E-state index is 0.728. The molecule has 0 aliphatic rings. The van der Waals surface area contributed by atoms with Crippen LogP contribution in [-0.2, 0) is 6.54 Å². The molecule has 0 fully saturated rings. The van der Waals surface area contributed by atoms with Crippen LogP contribution in [0.25, 0.3) is 0 Å². The largest absolute Gasteiger partial charge is 0.497 e. The van der Waals surface area contributed by atoms with Crippen molar-refractivity contribution in [2.75, 3.05) is 14.2 Å². The van der Waals surface area contributed by atoms with Gasteiger partial charge in [0.05, 0.1) is 20.8 Å². The predicted molar refractivity (Wildman–Crippen MR) is 65.6 cm³/mol. The van der Waals surface area contributed by atoms with Gasteiger partial charge in [0.25, 0.3) is 0 Å². The van der Waals surface area contributed by atoms with E-state index < -0.39 is 0 Å². The summed E-state index contributed by atoms with van der Waals surface area (Å²) < 4.78 is 12.6. The Morgan fingerprint density at radius 1 is 1.24 bits per heavy atom. The molecule has 0 amide bonds. The number of hydrogen-bond donors (Lipinski definition) is 0. The standard InChI is InChI=1S/C13H16N2O2/c1-10-14-6-7-15(10)9-11-8-12(16-2)4-5-13(11)17-3/h4-8H,9H2,1-3H3. The molecule has 0 aliphatic carbocycles. The van der Waals surface area contributed by atoms with Gasteiger partial charge in [-0.2, -0.15) is 0 Å². The second-order valence-electron chi connectivity index (χ2n) is 3.78. The molecule has 90 valence electrons. The summed E-state index contributed by atoms with van der Waals surface area (Å²) in [5, 5.41) is 0. The highest BCUT2D eigenvalue weighted by Gasteiger charge is 2.07. The van der Waals surface area contributed by atoms with Crippen molar-refractivity contribution in [2.45, 2.75) is 13.5 Å². The van der Waals surface area contributed by atoms with E-state index in [1.54, 1.807) is 20.4 Å². The summed E-state index contributed by atoms with van der Waals surface area (Å²) in [5.74, 6) is 2.67. The molecule has 0 saturated heterocycles. The third kappa shape index (κ3) is 2.41. The van der Waals surface area contributed by atoms with Crippen LogP contribution < -0.4 is 9.47 Å². The molecule has 0 atom stereocenters. The summed E-state index contributed by atoms with van der Waals surface area (Å²) in [6.45, 7) is 2.71. The Morgan fingerprint density at radius 3 is 2.65 bits per heavy atom.